The molecule has 1 aliphatic carbocycles. The molecule has 0 saturated carbocycles. The number of hydrogen-bond donors (Lipinski definition) is 0. The van der Waals surface area contributed by atoms with Crippen LogP contribution < -0.4 is 0 Å². The molecule has 0 saturated heterocycles. The lowest BCUT2D eigenvalue weighted by Crippen LogP contribution is -2.25. The van der Waals surface area contributed by atoms with Gasteiger partial charge in [-0.25, -0.2) is 4.79 Å². The molecule has 1 atom stereocenters. The van der Waals surface area contributed by atoms with Crippen molar-refractivity contribution in [2.75, 3.05) is 13.7 Å². The second-order valence-electron chi connectivity index (χ2n) is 5.18. The molecule has 0 aromatic heterocycles. The lowest BCUT2D eigenvalue weighted by Gasteiger charge is -2.22. The number of benzene rings is 1. The Kier molecular flexibility index (Phi) is 3.09. The molecule has 0 amide bonds. The maximum Gasteiger partial charge on any atom is 0.507 e. The highest BCUT2D eigenvalue weighted by molar-refractivity contribution is 5.59. The molecule has 3 heteroatoms. The zero-order chi connectivity index (χ0) is 12.5. The average Bonchev–Trinajstić information content (AvgIpc) is 2.62. The molecule has 3 nitrogen and oxygen atoms in total. The summed E-state index contributed by atoms with van der Waals surface area (Å²) in [7, 11) is 1.33. The highest BCUT2D eigenvalue weighted by atomic mass is 16.7. The van der Waals surface area contributed by atoms with E-state index in [-0.39, 0.29) is 5.41 Å². The van der Waals surface area contributed by atoms with Crippen LogP contribution in [0.15, 0.2) is 18.2 Å². The van der Waals surface area contributed by atoms with Gasteiger partial charge < -0.3 is 9.47 Å². The zero-order valence-electron chi connectivity index (χ0n) is 10.6. The summed E-state index contributed by atoms with van der Waals surface area (Å²) in [5.41, 5.74) is 4.03. The predicted octanol–water partition coefficient (Wildman–Crippen LogP) is 2.88. The van der Waals surface area contributed by atoms with Gasteiger partial charge >= 0.3 is 6.16 Å². The van der Waals surface area contributed by atoms with E-state index in [2.05, 4.69) is 36.8 Å². The van der Waals surface area contributed by atoms with Crippen molar-refractivity contribution in [1.82, 2.24) is 0 Å². The number of aryl methyl sites for hydroxylation is 1. The molecule has 0 aliphatic heterocycles. The van der Waals surface area contributed by atoms with E-state index in [1.165, 1.54) is 23.8 Å². The molecular formula is C14H18O3. The first kappa shape index (κ1) is 12.0. The molecule has 0 bridgehead atoms. The van der Waals surface area contributed by atoms with E-state index in [0.29, 0.717) is 6.61 Å². The summed E-state index contributed by atoms with van der Waals surface area (Å²) in [5, 5.41) is 0. The van der Waals surface area contributed by atoms with E-state index in [0.717, 1.165) is 12.8 Å². The Hall–Kier alpha value is -1.51. The van der Waals surface area contributed by atoms with E-state index in [9.17, 15) is 4.79 Å². The topological polar surface area (TPSA) is 35.5 Å². The van der Waals surface area contributed by atoms with Crippen molar-refractivity contribution in [1.29, 1.82) is 0 Å². The van der Waals surface area contributed by atoms with Gasteiger partial charge in [-0.05, 0) is 30.9 Å². The number of fused-ring (bicyclic) bond motifs is 1. The van der Waals surface area contributed by atoms with Gasteiger partial charge in [0, 0.05) is 5.41 Å². The van der Waals surface area contributed by atoms with Crippen molar-refractivity contribution in [2.45, 2.75) is 26.7 Å². The maximum absolute atomic E-state index is 11.0. The van der Waals surface area contributed by atoms with Crippen LogP contribution in [0.1, 0.15) is 23.6 Å². The molecule has 0 N–H and O–H groups in total. The molecule has 1 aliphatic rings. The number of rotatable bonds is 2. The van der Waals surface area contributed by atoms with Crippen molar-refractivity contribution < 1.29 is 14.3 Å². The Labute approximate surface area is 102 Å². The molecule has 1 unspecified atom stereocenters. The minimum absolute atomic E-state index is 0.00428. The number of carbonyl (C=O) groups excluding carboxylic acids is 1. The number of ether oxygens (including phenoxy) is 2. The summed E-state index contributed by atoms with van der Waals surface area (Å²) in [6, 6.07) is 6.53. The van der Waals surface area contributed by atoms with Gasteiger partial charge in [0.05, 0.1) is 7.11 Å². The van der Waals surface area contributed by atoms with Gasteiger partial charge in [0.25, 0.3) is 0 Å². The Bertz CT molecular complexity index is 439. The molecule has 92 valence electrons. The van der Waals surface area contributed by atoms with Crippen LogP contribution in [0.2, 0.25) is 0 Å². The zero-order valence-corrected chi connectivity index (χ0v) is 10.6. The lowest BCUT2D eigenvalue weighted by atomic mass is 9.88. The first-order chi connectivity index (χ1) is 8.02. The third-order valence-electron chi connectivity index (χ3n) is 3.30. The van der Waals surface area contributed by atoms with Crippen molar-refractivity contribution in [2.24, 2.45) is 5.41 Å². The maximum atomic E-state index is 11.0. The molecular weight excluding hydrogens is 216 g/mol. The van der Waals surface area contributed by atoms with Gasteiger partial charge in [-0.1, -0.05) is 30.7 Å². The van der Waals surface area contributed by atoms with Crippen molar-refractivity contribution in [3.8, 4) is 0 Å². The van der Waals surface area contributed by atoms with Crippen molar-refractivity contribution in [3.05, 3.63) is 34.9 Å². The van der Waals surface area contributed by atoms with Gasteiger partial charge in [-0.3, -0.25) is 0 Å². The largest absolute Gasteiger partial charge is 0.507 e. The van der Waals surface area contributed by atoms with Crippen LogP contribution in [0.25, 0.3) is 0 Å². The minimum atomic E-state index is -0.599. The second kappa shape index (κ2) is 4.40. The fraction of sp³-hybridized carbons (Fsp3) is 0.500. The molecule has 0 heterocycles. The summed E-state index contributed by atoms with van der Waals surface area (Å²) in [4.78, 5) is 11.0. The average molecular weight is 234 g/mol. The monoisotopic (exact) mass is 234 g/mol. The van der Waals surface area contributed by atoms with Gasteiger partial charge in [0.15, 0.2) is 0 Å². The molecule has 2 rings (SSSR count). The van der Waals surface area contributed by atoms with E-state index < -0.39 is 6.16 Å². The van der Waals surface area contributed by atoms with Crippen LogP contribution in [0.3, 0.4) is 0 Å². The van der Waals surface area contributed by atoms with Gasteiger partial charge in [0.1, 0.15) is 6.61 Å². The molecule has 1 aromatic carbocycles. The SMILES string of the molecule is COC(=O)OCC1(C)Cc2ccc(C)cc2C1. The molecule has 1 aromatic rings. The number of carbonyl (C=O) groups is 1. The van der Waals surface area contributed by atoms with E-state index in [1.807, 2.05) is 0 Å². The van der Waals surface area contributed by atoms with Crippen LogP contribution in [0, 0.1) is 12.3 Å². The molecule has 0 spiro atoms. The summed E-state index contributed by atoms with van der Waals surface area (Å²) >= 11 is 0. The smallest absolute Gasteiger partial charge is 0.438 e. The van der Waals surface area contributed by atoms with Gasteiger partial charge in [-0.15, -0.1) is 0 Å². The van der Waals surface area contributed by atoms with Crippen molar-refractivity contribution >= 4 is 6.16 Å². The highest BCUT2D eigenvalue weighted by Gasteiger charge is 2.34. The first-order valence-corrected chi connectivity index (χ1v) is 5.82. The quantitative estimate of drug-likeness (QED) is 0.738. The highest BCUT2D eigenvalue weighted by Crippen LogP contribution is 2.37. The fourth-order valence-electron chi connectivity index (χ4n) is 2.47. The molecule has 17 heavy (non-hydrogen) atoms. The minimum Gasteiger partial charge on any atom is -0.438 e. The van der Waals surface area contributed by atoms with Crippen LogP contribution in [0.5, 0.6) is 0 Å². The Morgan fingerprint density at radius 3 is 2.76 bits per heavy atom. The van der Waals surface area contributed by atoms with Crippen LogP contribution >= 0.6 is 0 Å². The van der Waals surface area contributed by atoms with Crippen molar-refractivity contribution in [3.63, 3.8) is 0 Å². The van der Waals surface area contributed by atoms with Gasteiger partial charge in [0.2, 0.25) is 0 Å². The summed E-state index contributed by atoms with van der Waals surface area (Å²) in [6.07, 6.45) is 1.32. The summed E-state index contributed by atoms with van der Waals surface area (Å²) in [5.74, 6) is 0. The third kappa shape index (κ3) is 2.60. The fourth-order valence-corrected chi connectivity index (χ4v) is 2.47. The van der Waals surface area contributed by atoms with E-state index in [4.69, 9.17) is 4.74 Å². The van der Waals surface area contributed by atoms with Crippen LogP contribution in [0.4, 0.5) is 4.79 Å². The summed E-state index contributed by atoms with van der Waals surface area (Å²) < 4.78 is 9.57. The van der Waals surface area contributed by atoms with Crippen LogP contribution in [-0.2, 0) is 22.3 Å². The Morgan fingerprint density at radius 1 is 1.35 bits per heavy atom. The predicted molar refractivity (Wildman–Crippen MR) is 65.1 cm³/mol. The Morgan fingerprint density at radius 2 is 2.06 bits per heavy atom. The van der Waals surface area contributed by atoms with Crippen LogP contribution in [-0.4, -0.2) is 19.9 Å². The second-order valence-corrected chi connectivity index (χ2v) is 5.18. The lowest BCUT2D eigenvalue weighted by molar-refractivity contribution is 0.0407. The summed E-state index contributed by atoms with van der Waals surface area (Å²) in [6.45, 7) is 4.65. The van der Waals surface area contributed by atoms with E-state index >= 15 is 0 Å². The number of hydrogen-bond acceptors (Lipinski definition) is 3. The number of methoxy groups -OCH3 is 1. The third-order valence-corrected chi connectivity index (χ3v) is 3.30. The molecule has 0 fully saturated rings. The Balaban J connectivity index is 2.05. The molecule has 0 radical (unpaired) electrons. The first-order valence-electron chi connectivity index (χ1n) is 5.82. The standard InChI is InChI=1S/C14H18O3/c1-10-4-5-11-7-14(2,8-12(11)6-10)9-17-13(15)16-3/h4-6H,7-9H2,1-3H3. The normalized spacial score (nSPS) is 22.1. The van der Waals surface area contributed by atoms with E-state index in [1.54, 1.807) is 0 Å². The van der Waals surface area contributed by atoms with Gasteiger partial charge in [-0.2, -0.15) is 0 Å².